The van der Waals surface area contributed by atoms with Gasteiger partial charge in [-0.2, -0.15) is 0 Å². The van der Waals surface area contributed by atoms with Gasteiger partial charge in [-0.25, -0.2) is 0 Å². The molecule has 7 heteroatoms. The zero-order chi connectivity index (χ0) is 22.1. The van der Waals surface area contributed by atoms with Gasteiger partial charge in [0.05, 0.1) is 21.2 Å². The first-order valence-electron chi connectivity index (χ1n) is 9.63. The van der Waals surface area contributed by atoms with E-state index in [1.165, 1.54) is 12.1 Å². The van der Waals surface area contributed by atoms with Crippen LogP contribution in [0.3, 0.4) is 0 Å². The topological polar surface area (TPSA) is 66.5 Å². The summed E-state index contributed by atoms with van der Waals surface area (Å²) in [5.74, 6) is -1.60. The molecule has 1 heterocycles. The molecule has 0 bridgehead atoms. The Morgan fingerprint density at radius 1 is 0.903 bits per heavy atom. The second-order valence-corrected chi connectivity index (χ2v) is 8.17. The van der Waals surface area contributed by atoms with Crippen molar-refractivity contribution in [2.75, 3.05) is 5.32 Å². The molecule has 5 nitrogen and oxygen atoms in total. The van der Waals surface area contributed by atoms with E-state index in [0.29, 0.717) is 5.69 Å². The molecule has 1 N–H and O–H groups in total. The molecule has 1 atom stereocenters. The Hall–Kier alpha value is -3.15. The molecule has 3 aromatic rings. The third-order valence-corrected chi connectivity index (χ3v) is 5.85. The van der Waals surface area contributed by atoms with Crippen LogP contribution in [-0.2, 0) is 11.2 Å². The van der Waals surface area contributed by atoms with Crippen molar-refractivity contribution in [3.8, 4) is 0 Å². The molecular weight excluding hydrogens is 435 g/mol. The first kappa shape index (κ1) is 21.1. The Balaban J connectivity index is 1.71. The lowest BCUT2D eigenvalue weighted by molar-refractivity contribution is -0.119. The monoisotopic (exact) mass is 452 g/mol. The lowest BCUT2D eigenvalue weighted by Crippen LogP contribution is -2.48. The van der Waals surface area contributed by atoms with E-state index in [1.54, 1.807) is 6.07 Å². The van der Waals surface area contributed by atoms with E-state index in [0.717, 1.165) is 16.0 Å². The van der Waals surface area contributed by atoms with Crippen molar-refractivity contribution in [1.82, 2.24) is 4.90 Å². The Kier molecular flexibility index (Phi) is 5.81. The quantitative estimate of drug-likeness (QED) is 0.544. The maximum absolute atomic E-state index is 13.3. The van der Waals surface area contributed by atoms with Crippen LogP contribution in [0, 0.1) is 6.92 Å². The van der Waals surface area contributed by atoms with Gasteiger partial charge in [0.25, 0.3) is 11.8 Å². The maximum atomic E-state index is 13.3. The molecule has 1 aliphatic rings. The fourth-order valence-electron chi connectivity index (χ4n) is 3.62. The highest BCUT2D eigenvalue weighted by molar-refractivity contribution is 6.43. The molecule has 3 amide bonds. The number of hydrogen-bond acceptors (Lipinski definition) is 3. The molecule has 0 spiro atoms. The van der Waals surface area contributed by atoms with Gasteiger partial charge in [-0.15, -0.1) is 0 Å². The smallest absolute Gasteiger partial charge is 0.262 e. The van der Waals surface area contributed by atoms with Crippen LogP contribution >= 0.6 is 23.2 Å². The number of nitrogens with zero attached hydrogens (tertiary/aromatic N) is 1. The van der Waals surface area contributed by atoms with Gasteiger partial charge >= 0.3 is 0 Å². The summed E-state index contributed by atoms with van der Waals surface area (Å²) in [6.07, 6.45) is 0.172. The number of carbonyl (C=O) groups excluding carboxylic acids is 3. The average Bonchev–Trinajstić information content (AvgIpc) is 2.97. The maximum Gasteiger partial charge on any atom is 0.262 e. The number of fused-ring (bicyclic) bond motifs is 1. The molecule has 1 aliphatic heterocycles. The van der Waals surface area contributed by atoms with Crippen molar-refractivity contribution < 1.29 is 14.4 Å². The van der Waals surface area contributed by atoms with Crippen molar-refractivity contribution in [2.24, 2.45) is 0 Å². The van der Waals surface area contributed by atoms with Crippen molar-refractivity contribution in [2.45, 2.75) is 19.4 Å². The molecule has 0 aromatic heterocycles. The first-order valence-corrected chi connectivity index (χ1v) is 10.4. The standard InChI is InChI=1S/C24H18Cl2N2O3/c1-14-6-5-9-16(10-14)27-22(29)21(11-15-7-3-2-4-8-15)28-23(30)17-12-19(25)20(26)13-18(17)24(28)31/h2-10,12-13,21H,11H2,1H3,(H,27,29). The number of amides is 3. The number of benzene rings is 3. The Labute approximate surface area is 189 Å². The van der Waals surface area contributed by atoms with E-state index in [-0.39, 0.29) is 27.6 Å². The minimum atomic E-state index is -1.05. The van der Waals surface area contributed by atoms with Crippen molar-refractivity contribution >= 4 is 46.6 Å². The Bertz CT molecular complexity index is 1150. The second-order valence-electron chi connectivity index (χ2n) is 7.36. The molecule has 1 unspecified atom stereocenters. The zero-order valence-corrected chi connectivity index (χ0v) is 18.1. The normalized spacial score (nSPS) is 13.8. The lowest BCUT2D eigenvalue weighted by Gasteiger charge is -2.25. The number of rotatable bonds is 5. The molecule has 0 aliphatic carbocycles. The number of nitrogens with one attached hydrogen (secondary N) is 1. The number of anilines is 1. The molecule has 0 radical (unpaired) electrons. The summed E-state index contributed by atoms with van der Waals surface area (Å²) in [6, 6.07) is 18.2. The molecule has 3 aromatic carbocycles. The van der Waals surface area contributed by atoms with Crippen LogP contribution in [0.5, 0.6) is 0 Å². The number of aryl methyl sites for hydroxylation is 1. The lowest BCUT2D eigenvalue weighted by atomic mass is 10.0. The van der Waals surface area contributed by atoms with Gasteiger partial charge in [-0.05, 0) is 42.3 Å². The predicted octanol–water partition coefficient (Wildman–Crippen LogP) is 5.15. The molecule has 4 rings (SSSR count). The summed E-state index contributed by atoms with van der Waals surface area (Å²) in [5.41, 5.74) is 2.66. The first-order chi connectivity index (χ1) is 14.8. The van der Waals surface area contributed by atoms with Gasteiger partial charge in [0.2, 0.25) is 5.91 Å². The fourth-order valence-corrected chi connectivity index (χ4v) is 3.95. The number of carbonyl (C=O) groups is 3. The predicted molar refractivity (Wildman–Crippen MR) is 121 cm³/mol. The summed E-state index contributed by atoms with van der Waals surface area (Å²) in [4.78, 5) is 40.6. The van der Waals surface area contributed by atoms with Crippen LogP contribution in [0.25, 0.3) is 0 Å². The van der Waals surface area contributed by atoms with Gasteiger partial charge in [-0.3, -0.25) is 19.3 Å². The minimum absolute atomic E-state index is 0.140. The Morgan fingerprint density at radius 2 is 1.52 bits per heavy atom. The Morgan fingerprint density at radius 3 is 2.10 bits per heavy atom. The summed E-state index contributed by atoms with van der Waals surface area (Å²) in [5, 5.41) is 3.18. The highest BCUT2D eigenvalue weighted by Crippen LogP contribution is 2.33. The van der Waals surface area contributed by atoms with E-state index < -0.39 is 23.8 Å². The van der Waals surface area contributed by atoms with E-state index in [4.69, 9.17) is 23.2 Å². The molecule has 0 saturated carbocycles. The number of hydrogen-bond donors (Lipinski definition) is 1. The van der Waals surface area contributed by atoms with Gasteiger partial charge < -0.3 is 5.32 Å². The fraction of sp³-hybridized carbons (Fsp3) is 0.125. The van der Waals surface area contributed by atoms with Crippen LogP contribution in [0.1, 0.15) is 31.8 Å². The third-order valence-electron chi connectivity index (χ3n) is 5.13. The van der Waals surface area contributed by atoms with E-state index in [2.05, 4.69) is 5.32 Å². The van der Waals surface area contributed by atoms with Gasteiger partial charge in [0.15, 0.2) is 0 Å². The zero-order valence-electron chi connectivity index (χ0n) is 16.6. The summed E-state index contributed by atoms with van der Waals surface area (Å²) >= 11 is 12.1. The molecule has 0 saturated heterocycles. The molecule has 156 valence electrons. The molecule has 31 heavy (non-hydrogen) atoms. The van der Waals surface area contributed by atoms with E-state index in [9.17, 15) is 14.4 Å². The van der Waals surface area contributed by atoms with Crippen molar-refractivity contribution in [3.05, 3.63) is 99.0 Å². The van der Waals surface area contributed by atoms with E-state index in [1.807, 2.05) is 55.5 Å². The third kappa shape index (κ3) is 4.20. The van der Waals surface area contributed by atoms with E-state index >= 15 is 0 Å². The second kappa shape index (κ2) is 8.53. The van der Waals surface area contributed by atoms with Crippen LogP contribution in [0.15, 0.2) is 66.7 Å². The number of imide groups is 1. The van der Waals surface area contributed by atoms with Crippen LogP contribution < -0.4 is 5.32 Å². The van der Waals surface area contributed by atoms with Gasteiger partial charge in [0.1, 0.15) is 6.04 Å². The van der Waals surface area contributed by atoms with Crippen molar-refractivity contribution in [1.29, 1.82) is 0 Å². The number of halogens is 2. The van der Waals surface area contributed by atoms with Crippen LogP contribution in [-0.4, -0.2) is 28.7 Å². The highest BCUT2D eigenvalue weighted by Gasteiger charge is 2.43. The van der Waals surface area contributed by atoms with Crippen molar-refractivity contribution in [3.63, 3.8) is 0 Å². The van der Waals surface area contributed by atoms with Crippen LogP contribution in [0.2, 0.25) is 10.0 Å². The molecular formula is C24H18Cl2N2O3. The summed E-state index contributed by atoms with van der Waals surface area (Å²) in [6.45, 7) is 1.91. The molecule has 0 fully saturated rings. The van der Waals surface area contributed by atoms with Crippen LogP contribution in [0.4, 0.5) is 5.69 Å². The minimum Gasteiger partial charge on any atom is -0.324 e. The summed E-state index contributed by atoms with van der Waals surface area (Å²) < 4.78 is 0. The SMILES string of the molecule is Cc1cccc(NC(=O)C(Cc2ccccc2)N2C(=O)c3cc(Cl)c(Cl)cc3C2=O)c1. The van der Waals surface area contributed by atoms with Gasteiger partial charge in [0, 0.05) is 12.1 Å². The average molecular weight is 453 g/mol. The van der Waals surface area contributed by atoms with Gasteiger partial charge in [-0.1, -0.05) is 65.7 Å². The highest BCUT2D eigenvalue weighted by atomic mass is 35.5. The largest absolute Gasteiger partial charge is 0.324 e. The summed E-state index contributed by atoms with van der Waals surface area (Å²) in [7, 11) is 0.